The van der Waals surface area contributed by atoms with Gasteiger partial charge in [0.05, 0.1) is 23.9 Å². The molecule has 1 aliphatic heterocycles. The van der Waals surface area contributed by atoms with Crippen LogP contribution in [0.25, 0.3) is 5.70 Å². The Kier molecular flexibility index (Phi) is 4.84. The summed E-state index contributed by atoms with van der Waals surface area (Å²) in [5.41, 5.74) is 3.58. The molecular weight excluding hydrogens is 316 g/mol. The summed E-state index contributed by atoms with van der Waals surface area (Å²) in [5, 5.41) is 5.59. The highest BCUT2D eigenvalue weighted by atomic mass is 16.5. The molecule has 0 saturated carbocycles. The molecule has 0 aromatic heterocycles. The lowest BCUT2D eigenvalue weighted by atomic mass is 9.92. The first-order chi connectivity index (χ1) is 12.1. The monoisotopic (exact) mass is 336 g/mol. The Morgan fingerprint density at radius 1 is 1.08 bits per heavy atom. The summed E-state index contributed by atoms with van der Waals surface area (Å²) in [5.74, 6) is -0.445. The molecule has 2 amide bonds. The van der Waals surface area contributed by atoms with Crippen molar-refractivity contribution in [1.82, 2.24) is 10.6 Å². The highest BCUT2D eigenvalue weighted by molar-refractivity contribution is 6.04. The Labute approximate surface area is 146 Å². The van der Waals surface area contributed by atoms with Crippen molar-refractivity contribution in [1.29, 1.82) is 0 Å². The van der Waals surface area contributed by atoms with Gasteiger partial charge in [-0.3, -0.25) is 0 Å². The van der Waals surface area contributed by atoms with Crippen LogP contribution in [0.5, 0.6) is 0 Å². The second-order valence-electron chi connectivity index (χ2n) is 5.82. The van der Waals surface area contributed by atoms with Gasteiger partial charge in [0, 0.05) is 0 Å². The molecule has 5 heteroatoms. The number of benzene rings is 2. The number of aryl methyl sites for hydroxylation is 1. The van der Waals surface area contributed by atoms with Gasteiger partial charge in [-0.1, -0.05) is 60.2 Å². The molecule has 2 aromatic carbocycles. The van der Waals surface area contributed by atoms with Crippen molar-refractivity contribution in [2.45, 2.75) is 19.9 Å². The van der Waals surface area contributed by atoms with Gasteiger partial charge >= 0.3 is 12.0 Å². The van der Waals surface area contributed by atoms with Crippen LogP contribution in [-0.4, -0.2) is 18.6 Å². The summed E-state index contributed by atoms with van der Waals surface area (Å²) in [7, 11) is 0. The summed E-state index contributed by atoms with van der Waals surface area (Å²) in [6.07, 6.45) is 0. The maximum absolute atomic E-state index is 12.7. The molecule has 0 fully saturated rings. The number of ether oxygens (including phenoxy) is 1. The molecule has 1 heterocycles. The van der Waals surface area contributed by atoms with E-state index in [1.54, 1.807) is 6.92 Å². The fraction of sp³-hybridized carbons (Fsp3) is 0.200. The molecule has 128 valence electrons. The quantitative estimate of drug-likeness (QED) is 0.842. The second kappa shape index (κ2) is 7.21. The zero-order chi connectivity index (χ0) is 17.8. The van der Waals surface area contributed by atoms with E-state index in [1.807, 2.05) is 61.5 Å². The number of esters is 1. The van der Waals surface area contributed by atoms with Crippen LogP contribution >= 0.6 is 0 Å². The van der Waals surface area contributed by atoms with E-state index in [9.17, 15) is 9.59 Å². The maximum atomic E-state index is 12.7. The van der Waals surface area contributed by atoms with Crippen molar-refractivity contribution in [2.24, 2.45) is 0 Å². The summed E-state index contributed by atoms with van der Waals surface area (Å²) >= 11 is 0. The Morgan fingerprint density at radius 2 is 1.76 bits per heavy atom. The first-order valence-electron chi connectivity index (χ1n) is 8.21. The lowest BCUT2D eigenvalue weighted by Gasteiger charge is -2.29. The van der Waals surface area contributed by atoms with Gasteiger partial charge < -0.3 is 15.4 Å². The Morgan fingerprint density at radius 3 is 2.40 bits per heavy atom. The fourth-order valence-corrected chi connectivity index (χ4v) is 2.83. The summed E-state index contributed by atoms with van der Waals surface area (Å²) in [6, 6.07) is 16.1. The van der Waals surface area contributed by atoms with Gasteiger partial charge in [0.25, 0.3) is 0 Å². The van der Waals surface area contributed by atoms with E-state index in [4.69, 9.17) is 4.74 Å². The summed E-state index contributed by atoms with van der Waals surface area (Å²) in [4.78, 5) is 24.9. The van der Waals surface area contributed by atoms with Crippen molar-refractivity contribution in [3.8, 4) is 0 Å². The molecule has 25 heavy (non-hydrogen) atoms. The van der Waals surface area contributed by atoms with Gasteiger partial charge in [-0.05, 0) is 25.0 Å². The zero-order valence-electron chi connectivity index (χ0n) is 14.2. The molecule has 0 saturated heterocycles. The molecular formula is C20H20N2O3. The number of amides is 2. The van der Waals surface area contributed by atoms with Crippen LogP contribution < -0.4 is 10.6 Å². The number of hydrogen-bond acceptors (Lipinski definition) is 3. The zero-order valence-corrected chi connectivity index (χ0v) is 14.2. The van der Waals surface area contributed by atoms with E-state index >= 15 is 0 Å². The van der Waals surface area contributed by atoms with Gasteiger partial charge in [-0.2, -0.15) is 0 Å². The number of hydrogen-bond donors (Lipinski definition) is 2. The molecule has 1 unspecified atom stereocenters. The standard InChI is InChI=1S/C20H20N2O3/c1-3-25-19(23)16-17(14-7-5-4-6-8-14)21-20(24)22-18(16)15-11-9-13(2)10-12-15/h4-12,18H,3H2,1-2H3,(H2,21,22,24). The van der Waals surface area contributed by atoms with Gasteiger partial charge in [0.15, 0.2) is 0 Å². The smallest absolute Gasteiger partial charge is 0.338 e. The molecule has 1 atom stereocenters. The van der Waals surface area contributed by atoms with E-state index in [1.165, 1.54) is 0 Å². The van der Waals surface area contributed by atoms with Gasteiger partial charge in [0.1, 0.15) is 0 Å². The van der Waals surface area contributed by atoms with Crippen molar-refractivity contribution >= 4 is 17.7 Å². The van der Waals surface area contributed by atoms with E-state index in [0.29, 0.717) is 11.3 Å². The maximum Gasteiger partial charge on any atom is 0.338 e. The average Bonchev–Trinajstić information content (AvgIpc) is 2.62. The average molecular weight is 336 g/mol. The predicted molar refractivity (Wildman–Crippen MR) is 95.6 cm³/mol. The lowest BCUT2D eigenvalue weighted by Crippen LogP contribution is -2.45. The van der Waals surface area contributed by atoms with Crippen LogP contribution in [0.2, 0.25) is 0 Å². The number of nitrogens with one attached hydrogen (secondary N) is 2. The Bertz CT molecular complexity index is 811. The van der Waals surface area contributed by atoms with Crippen molar-refractivity contribution in [3.63, 3.8) is 0 Å². The topological polar surface area (TPSA) is 67.4 Å². The molecule has 1 aliphatic rings. The minimum Gasteiger partial charge on any atom is -0.463 e. The van der Waals surface area contributed by atoms with Crippen LogP contribution in [-0.2, 0) is 9.53 Å². The second-order valence-corrected chi connectivity index (χ2v) is 5.82. The molecule has 2 aromatic rings. The fourth-order valence-electron chi connectivity index (χ4n) is 2.83. The number of carbonyl (C=O) groups is 2. The molecule has 0 spiro atoms. The molecule has 0 bridgehead atoms. The minimum absolute atomic E-state index is 0.263. The normalized spacial score (nSPS) is 16.9. The van der Waals surface area contributed by atoms with Crippen molar-refractivity contribution < 1.29 is 14.3 Å². The molecule has 5 nitrogen and oxygen atoms in total. The van der Waals surface area contributed by atoms with Gasteiger partial charge in [0.2, 0.25) is 0 Å². The first-order valence-corrected chi connectivity index (χ1v) is 8.21. The highest BCUT2D eigenvalue weighted by Gasteiger charge is 2.34. The van der Waals surface area contributed by atoms with Crippen LogP contribution in [0.3, 0.4) is 0 Å². The summed E-state index contributed by atoms with van der Waals surface area (Å²) in [6.45, 7) is 4.01. The molecule has 0 radical (unpaired) electrons. The van der Waals surface area contributed by atoms with Gasteiger partial charge in [-0.25, -0.2) is 9.59 Å². The first kappa shape index (κ1) is 16.8. The lowest BCUT2D eigenvalue weighted by molar-refractivity contribution is -0.138. The Balaban J connectivity index is 2.16. The van der Waals surface area contributed by atoms with E-state index in [0.717, 1.165) is 16.7 Å². The third-order valence-electron chi connectivity index (χ3n) is 4.04. The van der Waals surface area contributed by atoms with Crippen LogP contribution in [0.1, 0.15) is 29.7 Å². The van der Waals surface area contributed by atoms with Crippen LogP contribution in [0, 0.1) is 6.92 Å². The van der Waals surface area contributed by atoms with E-state index < -0.39 is 12.0 Å². The highest BCUT2D eigenvalue weighted by Crippen LogP contribution is 2.32. The molecule has 0 aliphatic carbocycles. The SMILES string of the molecule is CCOC(=O)C1=C(c2ccccc2)NC(=O)NC1c1ccc(C)cc1. The number of urea groups is 1. The minimum atomic E-state index is -0.566. The third kappa shape index (κ3) is 3.55. The van der Waals surface area contributed by atoms with E-state index in [2.05, 4.69) is 10.6 Å². The number of carbonyl (C=O) groups excluding carboxylic acids is 2. The third-order valence-corrected chi connectivity index (χ3v) is 4.04. The van der Waals surface area contributed by atoms with E-state index in [-0.39, 0.29) is 12.6 Å². The number of rotatable bonds is 4. The predicted octanol–water partition coefficient (Wildman–Crippen LogP) is 3.32. The van der Waals surface area contributed by atoms with Crippen molar-refractivity contribution in [2.75, 3.05) is 6.61 Å². The van der Waals surface area contributed by atoms with Crippen molar-refractivity contribution in [3.05, 3.63) is 76.9 Å². The van der Waals surface area contributed by atoms with Crippen LogP contribution in [0.15, 0.2) is 60.2 Å². The largest absolute Gasteiger partial charge is 0.463 e. The molecule has 2 N–H and O–H groups in total. The Hall–Kier alpha value is -3.08. The summed E-state index contributed by atoms with van der Waals surface area (Å²) < 4.78 is 5.26. The van der Waals surface area contributed by atoms with Gasteiger partial charge in [-0.15, -0.1) is 0 Å². The molecule has 3 rings (SSSR count). The van der Waals surface area contributed by atoms with Crippen LogP contribution in [0.4, 0.5) is 4.79 Å².